The highest BCUT2D eigenvalue weighted by Crippen LogP contribution is 2.28. The van der Waals surface area contributed by atoms with Crippen LogP contribution in [-0.4, -0.2) is 21.2 Å². The Labute approximate surface area is 160 Å². The lowest BCUT2D eigenvalue weighted by atomic mass is 10.1. The number of thioether (sulfide) groups is 1. The van der Waals surface area contributed by atoms with Crippen molar-refractivity contribution in [2.75, 3.05) is 5.75 Å². The molecular weight excluding hydrogens is 366 g/mol. The summed E-state index contributed by atoms with van der Waals surface area (Å²) in [7, 11) is 1.70. The zero-order valence-corrected chi connectivity index (χ0v) is 16.8. The summed E-state index contributed by atoms with van der Waals surface area (Å²) in [6.45, 7) is 5.89. The second-order valence-electron chi connectivity index (χ2n) is 6.21. The molecule has 26 heavy (non-hydrogen) atoms. The first-order valence-electron chi connectivity index (χ1n) is 8.32. The number of aromatic nitrogens is 2. The summed E-state index contributed by atoms with van der Waals surface area (Å²) in [6.07, 6.45) is 0. The van der Waals surface area contributed by atoms with Crippen molar-refractivity contribution in [3.8, 4) is 0 Å². The molecule has 1 unspecified atom stereocenters. The number of carbonyl (C=O) groups is 1. The van der Waals surface area contributed by atoms with Crippen molar-refractivity contribution in [3.63, 3.8) is 0 Å². The molecule has 0 aliphatic heterocycles. The lowest BCUT2D eigenvalue weighted by Crippen LogP contribution is -2.28. The molecule has 0 fully saturated rings. The predicted molar refractivity (Wildman–Crippen MR) is 108 cm³/mol. The van der Waals surface area contributed by atoms with Gasteiger partial charge in [-0.05, 0) is 31.9 Å². The van der Waals surface area contributed by atoms with Gasteiger partial charge in [0.15, 0.2) is 5.16 Å². The third-order valence-electron chi connectivity index (χ3n) is 4.38. The van der Waals surface area contributed by atoms with Crippen LogP contribution in [0.1, 0.15) is 29.0 Å². The van der Waals surface area contributed by atoms with Crippen molar-refractivity contribution < 1.29 is 4.79 Å². The third-order valence-corrected chi connectivity index (χ3v) is 6.51. The minimum atomic E-state index is -0.0840. The number of carbonyl (C=O) groups excluding carboxylic acids is 1. The summed E-state index contributed by atoms with van der Waals surface area (Å²) in [5.74, 6) is 0.131. The van der Waals surface area contributed by atoms with Gasteiger partial charge in [0.1, 0.15) is 4.83 Å². The Morgan fingerprint density at radius 1 is 1.31 bits per heavy atom. The van der Waals surface area contributed by atoms with Gasteiger partial charge in [0.05, 0.1) is 17.2 Å². The maximum atomic E-state index is 12.6. The standard InChI is InChI=1S/C19H21N3O2S2/c1-11-13(3)26-17-16(11)18(24)22(4)19(21-17)25-10-15(23)20-12(2)14-8-6-5-7-9-14/h5-9,12H,10H2,1-4H3,(H,20,23). The normalized spacial score (nSPS) is 12.3. The van der Waals surface area contributed by atoms with E-state index in [4.69, 9.17) is 0 Å². The summed E-state index contributed by atoms with van der Waals surface area (Å²) in [4.78, 5) is 31.3. The number of nitrogens with zero attached hydrogens (tertiary/aromatic N) is 2. The molecule has 1 amide bonds. The molecule has 0 saturated heterocycles. The molecule has 1 atom stereocenters. The number of amides is 1. The number of nitrogens with one attached hydrogen (secondary N) is 1. The topological polar surface area (TPSA) is 64.0 Å². The second-order valence-corrected chi connectivity index (χ2v) is 8.36. The van der Waals surface area contributed by atoms with Crippen molar-refractivity contribution in [1.29, 1.82) is 0 Å². The van der Waals surface area contributed by atoms with E-state index in [1.165, 1.54) is 27.7 Å². The Morgan fingerprint density at radius 3 is 2.69 bits per heavy atom. The monoisotopic (exact) mass is 387 g/mol. The van der Waals surface area contributed by atoms with Crippen LogP contribution in [0.25, 0.3) is 10.2 Å². The Kier molecular flexibility index (Phi) is 5.48. The van der Waals surface area contributed by atoms with E-state index in [-0.39, 0.29) is 23.3 Å². The lowest BCUT2D eigenvalue weighted by Gasteiger charge is -2.14. The maximum absolute atomic E-state index is 12.6. The van der Waals surface area contributed by atoms with E-state index in [0.717, 1.165) is 20.8 Å². The van der Waals surface area contributed by atoms with Crippen molar-refractivity contribution in [2.45, 2.75) is 32.0 Å². The molecule has 2 heterocycles. The Hall–Kier alpha value is -2.12. The number of rotatable bonds is 5. The molecule has 2 aromatic heterocycles. The molecule has 7 heteroatoms. The van der Waals surface area contributed by atoms with E-state index in [1.54, 1.807) is 7.05 Å². The smallest absolute Gasteiger partial charge is 0.262 e. The second kappa shape index (κ2) is 7.63. The first kappa shape index (κ1) is 18.7. The van der Waals surface area contributed by atoms with Crippen LogP contribution in [0.5, 0.6) is 0 Å². The van der Waals surface area contributed by atoms with Crippen LogP contribution < -0.4 is 10.9 Å². The molecular formula is C19H21N3O2S2. The minimum absolute atomic E-state index is 0.0580. The fourth-order valence-electron chi connectivity index (χ4n) is 2.72. The summed E-state index contributed by atoms with van der Waals surface area (Å²) in [5.41, 5.74) is 1.99. The molecule has 0 saturated carbocycles. The molecule has 0 bridgehead atoms. The van der Waals surface area contributed by atoms with Gasteiger partial charge >= 0.3 is 0 Å². The van der Waals surface area contributed by atoms with Crippen LogP contribution in [0.4, 0.5) is 0 Å². The number of hydrogen-bond donors (Lipinski definition) is 1. The van der Waals surface area contributed by atoms with Gasteiger partial charge in [-0.25, -0.2) is 4.98 Å². The van der Waals surface area contributed by atoms with Gasteiger partial charge in [0.25, 0.3) is 5.56 Å². The van der Waals surface area contributed by atoms with Gasteiger partial charge in [-0.3, -0.25) is 14.2 Å². The summed E-state index contributed by atoms with van der Waals surface area (Å²) in [6, 6.07) is 9.76. The molecule has 0 aliphatic rings. The fraction of sp³-hybridized carbons (Fsp3) is 0.316. The van der Waals surface area contributed by atoms with Crippen LogP contribution in [0.2, 0.25) is 0 Å². The lowest BCUT2D eigenvalue weighted by molar-refractivity contribution is -0.119. The Morgan fingerprint density at radius 2 is 2.00 bits per heavy atom. The van der Waals surface area contributed by atoms with Gasteiger partial charge in [0, 0.05) is 11.9 Å². The highest BCUT2D eigenvalue weighted by Gasteiger charge is 2.16. The minimum Gasteiger partial charge on any atom is -0.349 e. The largest absolute Gasteiger partial charge is 0.349 e. The highest BCUT2D eigenvalue weighted by atomic mass is 32.2. The zero-order chi connectivity index (χ0) is 18.8. The number of fused-ring (bicyclic) bond motifs is 1. The van der Waals surface area contributed by atoms with E-state index in [9.17, 15) is 9.59 Å². The molecule has 1 N–H and O–H groups in total. The van der Waals surface area contributed by atoms with Gasteiger partial charge in [0.2, 0.25) is 5.91 Å². The van der Waals surface area contributed by atoms with Crippen LogP contribution in [0.3, 0.4) is 0 Å². The summed E-state index contributed by atoms with van der Waals surface area (Å²) >= 11 is 2.80. The highest BCUT2D eigenvalue weighted by molar-refractivity contribution is 7.99. The van der Waals surface area contributed by atoms with Crippen molar-refractivity contribution >= 4 is 39.2 Å². The molecule has 3 rings (SSSR count). The third kappa shape index (κ3) is 3.68. The number of hydrogen-bond acceptors (Lipinski definition) is 5. The molecule has 5 nitrogen and oxygen atoms in total. The zero-order valence-electron chi connectivity index (χ0n) is 15.2. The van der Waals surface area contributed by atoms with E-state index in [2.05, 4.69) is 10.3 Å². The summed E-state index contributed by atoms with van der Waals surface area (Å²) in [5, 5.41) is 4.22. The van der Waals surface area contributed by atoms with Gasteiger partial charge in [-0.2, -0.15) is 0 Å². The van der Waals surface area contributed by atoms with E-state index in [1.807, 2.05) is 51.1 Å². The summed E-state index contributed by atoms with van der Waals surface area (Å²) < 4.78 is 1.53. The van der Waals surface area contributed by atoms with E-state index >= 15 is 0 Å². The number of thiophene rings is 1. The van der Waals surface area contributed by atoms with Crippen LogP contribution in [-0.2, 0) is 11.8 Å². The SMILES string of the molecule is Cc1sc2nc(SCC(=O)NC(C)c3ccccc3)n(C)c(=O)c2c1C. The quantitative estimate of drug-likeness (QED) is 0.537. The first-order chi connectivity index (χ1) is 12.4. The van der Waals surface area contributed by atoms with E-state index < -0.39 is 0 Å². The van der Waals surface area contributed by atoms with Crippen molar-refractivity contribution in [1.82, 2.24) is 14.9 Å². The maximum Gasteiger partial charge on any atom is 0.262 e. The van der Waals surface area contributed by atoms with Crippen LogP contribution in [0, 0.1) is 13.8 Å². The Bertz CT molecular complexity index is 1010. The molecule has 0 radical (unpaired) electrons. The first-order valence-corrected chi connectivity index (χ1v) is 10.1. The molecule has 136 valence electrons. The number of aryl methyl sites for hydroxylation is 2. The molecule has 1 aromatic carbocycles. The van der Waals surface area contributed by atoms with Crippen LogP contribution in [0.15, 0.2) is 40.3 Å². The molecule has 3 aromatic rings. The molecule has 0 spiro atoms. The van der Waals surface area contributed by atoms with Crippen LogP contribution >= 0.6 is 23.1 Å². The fourth-order valence-corrected chi connectivity index (χ4v) is 4.58. The van der Waals surface area contributed by atoms with Gasteiger partial charge in [-0.1, -0.05) is 42.1 Å². The average molecular weight is 388 g/mol. The van der Waals surface area contributed by atoms with Gasteiger partial charge in [-0.15, -0.1) is 11.3 Å². The molecule has 0 aliphatic carbocycles. The Balaban J connectivity index is 1.72. The van der Waals surface area contributed by atoms with Gasteiger partial charge < -0.3 is 5.32 Å². The van der Waals surface area contributed by atoms with Crippen molar-refractivity contribution in [2.24, 2.45) is 7.05 Å². The average Bonchev–Trinajstić information content (AvgIpc) is 2.91. The predicted octanol–water partition coefficient (Wildman–Crippen LogP) is 3.58. The van der Waals surface area contributed by atoms with Crippen molar-refractivity contribution in [3.05, 3.63) is 56.7 Å². The number of benzene rings is 1. The van der Waals surface area contributed by atoms with E-state index in [0.29, 0.717) is 10.5 Å².